The summed E-state index contributed by atoms with van der Waals surface area (Å²) in [7, 11) is 2.03. The van der Waals surface area contributed by atoms with Gasteiger partial charge in [0.1, 0.15) is 5.84 Å². The summed E-state index contributed by atoms with van der Waals surface area (Å²) in [5.41, 5.74) is 8.61. The van der Waals surface area contributed by atoms with Gasteiger partial charge in [-0.25, -0.2) is 0 Å². The van der Waals surface area contributed by atoms with E-state index in [1.54, 1.807) is 0 Å². The number of nitrogens with one attached hydrogen (secondary N) is 1. The lowest BCUT2D eigenvalue weighted by Gasteiger charge is -2.22. The second kappa shape index (κ2) is 4.82. The average Bonchev–Trinajstić information content (AvgIpc) is 2.17. The minimum absolute atomic E-state index is 0.132. The van der Waals surface area contributed by atoms with Crippen LogP contribution in [0.15, 0.2) is 18.2 Å². The van der Waals surface area contributed by atoms with E-state index in [1.165, 1.54) is 5.56 Å². The first kappa shape index (κ1) is 11.6. The van der Waals surface area contributed by atoms with Crippen LogP contribution in [0, 0.1) is 12.3 Å². The van der Waals surface area contributed by atoms with Gasteiger partial charge in [0, 0.05) is 24.8 Å². The van der Waals surface area contributed by atoms with E-state index in [0.29, 0.717) is 0 Å². The molecule has 0 spiro atoms. The topological polar surface area (TPSA) is 53.1 Å². The van der Waals surface area contributed by atoms with E-state index in [9.17, 15) is 0 Å². The van der Waals surface area contributed by atoms with Gasteiger partial charge in [-0.05, 0) is 31.0 Å². The van der Waals surface area contributed by atoms with Crippen LogP contribution in [0.25, 0.3) is 0 Å². The Kier molecular flexibility index (Phi) is 3.72. The number of rotatable bonds is 4. The number of nitrogens with zero attached hydrogens (tertiary/aromatic N) is 1. The summed E-state index contributed by atoms with van der Waals surface area (Å²) in [6.45, 7) is 5.16. The molecule has 0 saturated carbocycles. The second-order valence-corrected chi connectivity index (χ2v) is 3.86. The Morgan fingerprint density at radius 1 is 1.47 bits per heavy atom. The first-order valence-electron chi connectivity index (χ1n) is 5.22. The molecule has 0 bridgehead atoms. The molecule has 0 heterocycles. The van der Waals surface area contributed by atoms with Crippen LogP contribution in [0.3, 0.4) is 0 Å². The summed E-state index contributed by atoms with van der Waals surface area (Å²) >= 11 is 0. The summed E-state index contributed by atoms with van der Waals surface area (Å²) < 4.78 is 0. The number of benzene rings is 1. The van der Waals surface area contributed by atoms with Crippen molar-refractivity contribution in [1.82, 2.24) is 0 Å². The predicted molar refractivity (Wildman–Crippen MR) is 65.8 cm³/mol. The molecule has 0 aliphatic carbocycles. The number of amidine groups is 1. The molecule has 0 aliphatic heterocycles. The average molecular weight is 205 g/mol. The number of aryl methyl sites for hydroxylation is 1. The van der Waals surface area contributed by atoms with Crippen LogP contribution in [0.2, 0.25) is 0 Å². The van der Waals surface area contributed by atoms with Gasteiger partial charge in [-0.15, -0.1) is 0 Å². The molecule has 0 aliphatic rings. The van der Waals surface area contributed by atoms with Crippen molar-refractivity contribution in [2.24, 2.45) is 5.73 Å². The fourth-order valence-corrected chi connectivity index (χ4v) is 1.64. The van der Waals surface area contributed by atoms with Crippen molar-refractivity contribution in [3.05, 3.63) is 29.3 Å². The highest BCUT2D eigenvalue weighted by Crippen LogP contribution is 2.20. The van der Waals surface area contributed by atoms with E-state index in [4.69, 9.17) is 11.1 Å². The number of nitrogen functional groups attached to an aromatic ring is 1. The lowest BCUT2D eigenvalue weighted by atomic mass is 10.1. The summed E-state index contributed by atoms with van der Waals surface area (Å²) in [5, 5.41) is 7.52. The van der Waals surface area contributed by atoms with Crippen LogP contribution in [-0.2, 0) is 0 Å². The third-order valence-corrected chi connectivity index (χ3v) is 2.41. The summed E-state index contributed by atoms with van der Waals surface area (Å²) in [4.78, 5) is 2.14. The van der Waals surface area contributed by atoms with Gasteiger partial charge in [-0.3, -0.25) is 5.41 Å². The van der Waals surface area contributed by atoms with Crippen LogP contribution in [0.1, 0.15) is 24.5 Å². The Morgan fingerprint density at radius 2 is 2.13 bits per heavy atom. The normalized spacial score (nSPS) is 10.1. The van der Waals surface area contributed by atoms with Crippen molar-refractivity contribution in [2.45, 2.75) is 20.3 Å². The summed E-state index contributed by atoms with van der Waals surface area (Å²) in [5.74, 6) is 0.132. The van der Waals surface area contributed by atoms with E-state index >= 15 is 0 Å². The first-order chi connectivity index (χ1) is 7.06. The minimum atomic E-state index is 0.132. The third-order valence-electron chi connectivity index (χ3n) is 2.41. The molecule has 0 amide bonds. The Labute approximate surface area is 91.4 Å². The number of hydrogen-bond acceptors (Lipinski definition) is 2. The molecule has 1 rings (SSSR count). The van der Waals surface area contributed by atoms with Crippen molar-refractivity contribution >= 4 is 11.5 Å². The highest BCUT2D eigenvalue weighted by atomic mass is 15.1. The molecule has 0 radical (unpaired) electrons. The Bertz CT molecular complexity index is 358. The van der Waals surface area contributed by atoms with Gasteiger partial charge in [0.05, 0.1) is 0 Å². The number of nitrogens with two attached hydrogens (primary N) is 1. The van der Waals surface area contributed by atoms with Crippen LogP contribution in [0.4, 0.5) is 5.69 Å². The predicted octanol–water partition coefficient (Wildman–Crippen LogP) is 2.13. The maximum absolute atomic E-state index is 7.52. The smallest absolute Gasteiger partial charge is 0.124 e. The fraction of sp³-hybridized carbons (Fsp3) is 0.417. The third kappa shape index (κ3) is 2.72. The number of anilines is 1. The molecule has 1 aromatic carbocycles. The quantitative estimate of drug-likeness (QED) is 0.584. The van der Waals surface area contributed by atoms with Gasteiger partial charge < -0.3 is 10.6 Å². The standard InChI is InChI=1S/C12H19N3/c1-4-7-15(3)11-8-9(2)5-6-10(11)12(13)14/h5-6,8H,4,7H2,1-3H3,(H3,13,14). The SMILES string of the molecule is CCCN(C)c1cc(C)ccc1C(=N)N. The molecule has 0 saturated heterocycles. The van der Waals surface area contributed by atoms with E-state index in [-0.39, 0.29) is 5.84 Å². The zero-order valence-corrected chi connectivity index (χ0v) is 9.67. The zero-order chi connectivity index (χ0) is 11.4. The van der Waals surface area contributed by atoms with Crippen molar-refractivity contribution in [3.8, 4) is 0 Å². The summed E-state index contributed by atoms with van der Waals surface area (Å²) in [6, 6.07) is 5.98. The zero-order valence-electron chi connectivity index (χ0n) is 9.67. The Hall–Kier alpha value is -1.51. The van der Waals surface area contributed by atoms with Gasteiger partial charge in [0.25, 0.3) is 0 Å². The van der Waals surface area contributed by atoms with Crippen molar-refractivity contribution < 1.29 is 0 Å². The summed E-state index contributed by atoms with van der Waals surface area (Å²) in [6.07, 6.45) is 1.09. The highest BCUT2D eigenvalue weighted by Gasteiger charge is 2.08. The minimum Gasteiger partial charge on any atom is -0.384 e. The maximum atomic E-state index is 7.52. The molecule has 1 aromatic rings. The monoisotopic (exact) mass is 205 g/mol. The van der Waals surface area contributed by atoms with E-state index in [0.717, 1.165) is 24.2 Å². The fourth-order valence-electron chi connectivity index (χ4n) is 1.64. The second-order valence-electron chi connectivity index (χ2n) is 3.86. The van der Waals surface area contributed by atoms with Crippen molar-refractivity contribution in [1.29, 1.82) is 5.41 Å². The molecule has 0 fully saturated rings. The molecule has 3 heteroatoms. The van der Waals surface area contributed by atoms with Crippen LogP contribution < -0.4 is 10.6 Å². The van der Waals surface area contributed by atoms with Gasteiger partial charge in [0.2, 0.25) is 0 Å². The number of hydrogen-bond donors (Lipinski definition) is 2. The largest absolute Gasteiger partial charge is 0.384 e. The van der Waals surface area contributed by atoms with Crippen LogP contribution in [-0.4, -0.2) is 19.4 Å². The van der Waals surface area contributed by atoms with Gasteiger partial charge in [-0.1, -0.05) is 13.0 Å². The molecule has 0 aromatic heterocycles. The molecular weight excluding hydrogens is 186 g/mol. The van der Waals surface area contributed by atoms with Crippen molar-refractivity contribution in [2.75, 3.05) is 18.5 Å². The molecule has 82 valence electrons. The lowest BCUT2D eigenvalue weighted by Crippen LogP contribution is -2.23. The highest BCUT2D eigenvalue weighted by molar-refractivity contribution is 6.00. The van der Waals surface area contributed by atoms with Gasteiger partial charge in [0.15, 0.2) is 0 Å². The van der Waals surface area contributed by atoms with Crippen LogP contribution in [0.5, 0.6) is 0 Å². The van der Waals surface area contributed by atoms with Gasteiger partial charge in [-0.2, -0.15) is 0 Å². The van der Waals surface area contributed by atoms with Crippen molar-refractivity contribution in [3.63, 3.8) is 0 Å². The first-order valence-corrected chi connectivity index (χ1v) is 5.22. The maximum Gasteiger partial charge on any atom is 0.124 e. The molecule has 3 N–H and O–H groups in total. The Balaban J connectivity index is 3.12. The molecule has 0 unspecified atom stereocenters. The molecule has 3 nitrogen and oxygen atoms in total. The molecular formula is C12H19N3. The molecule has 0 atom stereocenters. The van der Waals surface area contributed by atoms with Crippen LogP contribution >= 0.6 is 0 Å². The van der Waals surface area contributed by atoms with E-state index in [2.05, 4.69) is 17.9 Å². The van der Waals surface area contributed by atoms with E-state index < -0.39 is 0 Å². The molecule has 15 heavy (non-hydrogen) atoms. The van der Waals surface area contributed by atoms with Gasteiger partial charge >= 0.3 is 0 Å². The van der Waals surface area contributed by atoms with E-state index in [1.807, 2.05) is 26.1 Å². The lowest BCUT2D eigenvalue weighted by molar-refractivity contribution is 0.851. The Morgan fingerprint density at radius 3 is 2.67 bits per heavy atom.